The molecule has 0 aliphatic heterocycles. The number of halogens is 2. The molecule has 6 heteroatoms. The van der Waals surface area contributed by atoms with Crippen LogP contribution < -0.4 is 11.1 Å². The highest BCUT2D eigenvalue weighted by Gasteiger charge is 2.41. The summed E-state index contributed by atoms with van der Waals surface area (Å²) in [5.74, 6) is 1.46. The molecule has 3 nitrogen and oxygen atoms in total. The van der Waals surface area contributed by atoms with Crippen molar-refractivity contribution in [2.75, 3.05) is 12.3 Å². The number of thioether (sulfide) groups is 1. The number of nitrogens with two attached hydrogens (primary N) is 1. The van der Waals surface area contributed by atoms with E-state index in [0.29, 0.717) is 18.9 Å². The van der Waals surface area contributed by atoms with Gasteiger partial charge in [-0.05, 0) is 49.9 Å². The van der Waals surface area contributed by atoms with Crippen molar-refractivity contribution in [1.29, 1.82) is 0 Å². The summed E-state index contributed by atoms with van der Waals surface area (Å²) in [5, 5.41) is 3.12. The molecule has 1 aliphatic carbocycles. The van der Waals surface area contributed by atoms with Crippen molar-refractivity contribution in [2.24, 2.45) is 11.7 Å². The fourth-order valence-corrected chi connectivity index (χ4v) is 3.33. The molecule has 1 amide bonds. The maximum atomic E-state index is 12.0. The highest BCUT2D eigenvalue weighted by atomic mass is 79.9. The van der Waals surface area contributed by atoms with Gasteiger partial charge in [0, 0.05) is 28.1 Å². The molecular formula is C15H22BrClN2OS. The van der Waals surface area contributed by atoms with Gasteiger partial charge in [-0.1, -0.05) is 15.9 Å². The van der Waals surface area contributed by atoms with Gasteiger partial charge in [-0.2, -0.15) is 0 Å². The second kappa shape index (κ2) is 8.42. The summed E-state index contributed by atoms with van der Waals surface area (Å²) in [4.78, 5) is 13.2. The maximum Gasteiger partial charge on any atom is 0.221 e. The van der Waals surface area contributed by atoms with E-state index in [4.69, 9.17) is 5.73 Å². The van der Waals surface area contributed by atoms with Gasteiger partial charge in [-0.25, -0.2) is 0 Å². The smallest absolute Gasteiger partial charge is 0.221 e. The van der Waals surface area contributed by atoms with Crippen LogP contribution in [0.25, 0.3) is 0 Å². The Morgan fingerprint density at radius 1 is 1.43 bits per heavy atom. The highest BCUT2D eigenvalue weighted by molar-refractivity contribution is 9.10. The molecule has 1 aliphatic rings. The third-order valence-corrected chi connectivity index (χ3v) is 5.28. The van der Waals surface area contributed by atoms with Gasteiger partial charge in [0.15, 0.2) is 0 Å². The molecule has 1 unspecified atom stereocenters. The number of nitrogens with one attached hydrogen (secondary N) is 1. The summed E-state index contributed by atoms with van der Waals surface area (Å²) in [6.07, 6.45) is 2.90. The zero-order chi connectivity index (χ0) is 14.6. The van der Waals surface area contributed by atoms with Crippen LogP contribution in [0.15, 0.2) is 33.6 Å². The third-order valence-electron chi connectivity index (χ3n) is 3.74. The lowest BCUT2D eigenvalue weighted by Gasteiger charge is -2.29. The second-order valence-electron chi connectivity index (χ2n) is 5.50. The van der Waals surface area contributed by atoms with Crippen LogP contribution in [0.1, 0.15) is 26.2 Å². The van der Waals surface area contributed by atoms with Crippen LogP contribution in [-0.4, -0.2) is 23.7 Å². The first-order chi connectivity index (χ1) is 9.53. The van der Waals surface area contributed by atoms with E-state index < -0.39 is 0 Å². The summed E-state index contributed by atoms with van der Waals surface area (Å²) < 4.78 is 1.07. The molecule has 0 saturated heterocycles. The molecule has 0 radical (unpaired) electrons. The molecule has 0 heterocycles. The molecule has 118 valence electrons. The molecule has 0 aromatic heterocycles. The number of hydrogen-bond acceptors (Lipinski definition) is 3. The Kier molecular flexibility index (Phi) is 7.54. The predicted molar refractivity (Wildman–Crippen MR) is 95.1 cm³/mol. The van der Waals surface area contributed by atoms with Crippen LogP contribution >= 0.6 is 40.1 Å². The highest BCUT2D eigenvalue weighted by Crippen LogP contribution is 2.39. The standard InChI is InChI=1S/C15H21BrN2OS.ClH/c1-15(10-17,11-2-3-11)18-14(19)8-9-20-13-6-4-12(16)5-7-13;/h4-7,11H,2-3,8-10,17H2,1H3,(H,18,19);1H. The zero-order valence-corrected chi connectivity index (χ0v) is 15.3. The summed E-state index contributed by atoms with van der Waals surface area (Å²) in [6, 6.07) is 8.14. The minimum Gasteiger partial charge on any atom is -0.349 e. The van der Waals surface area contributed by atoms with E-state index in [1.165, 1.54) is 17.7 Å². The van der Waals surface area contributed by atoms with Crippen LogP contribution in [0.3, 0.4) is 0 Å². The first kappa shape index (κ1) is 18.8. The van der Waals surface area contributed by atoms with Gasteiger partial charge in [-0.3, -0.25) is 4.79 Å². The van der Waals surface area contributed by atoms with E-state index in [-0.39, 0.29) is 23.9 Å². The topological polar surface area (TPSA) is 55.1 Å². The number of benzene rings is 1. The first-order valence-corrected chi connectivity index (χ1v) is 8.71. The van der Waals surface area contributed by atoms with Crippen molar-refractivity contribution in [3.05, 3.63) is 28.7 Å². The van der Waals surface area contributed by atoms with Crippen molar-refractivity contribution < 1.29 is 4.79 Å². The van der Waals surface area contributed by atoms with Gasteiger partial charge in [0.05, 0.1) is 5.54 Å². The van der Waals surface area contributed by atoms with E-state index in [0.717, 1.165) is 10.2 Å². The Balaban J connectivity index is 0.00000220. The molecular weight excluding hydrogens is 372 g/mol. The molecule has 1 aromatic carbocycles. The molecule has 1 aromatic rings. The van der Waals surface area contributed by atoms with Gasteiger partial charge in [0.25, 0.3) is 0 Å². The minimum atomic E-state index is -0.209. The molecule has 0 bridgehead atoms. The Morgan fingerprint density at radius 3 is 2.57 bits per heavy atom. The van der Waals surface area contributed by atoms with Gasteiger partial charge >= 0.3 is 0 Å². The SMILES string of the molecule is CC(CN)(NC(=O)CCSc1ccc(Br)cc1)C1CC1.Cl. The second-order valence-corrected chi connectivity index (χ2v) is 7.58. The maximum absolute atomic E-state index is 12.0. The lowest BCUT2D eigenvalue weighted by atomic mass is 9.96. The molecule has 3 N–H and O–H groups in total. The molecule has 0 spiro atoms. The lowest BCUT2D eigenvalue weighted by Crippen LogP contribution is -2.53. The van der Waals surface area contributed by atoms with Gasteiger partial charge < -0.3 is 11.1 Å². The number of amides is 1. The number of rotatable bonds is 7. The molecule has 21 heavy (non-hydrogen) atoms. The van der Waals surface area contributed by atoms with Crippen LogP contribution in [0.4, 0.5) is 0 Å². The van der Waals surface area contributed by atoms with E-state index >= 15 is 0 Å². The van der Waals surface area contributed by atoms with Crippen LogP contribution in [0, 0.1) is 5.92 Å². The van der Waals surface area contributed by atoms with E-state index in [2.05, 4.69) is 40.3 Å². The number of hydrogen-bond donors (Lipinski definition) is 2. The van der Waals surface area contributed by atoms with E-state index in [1.54, 1.807) is 11.8 Å². The first-order valence-electron chi connectivity index (χ1n) is 6.93. The monoisotopic (exact) mass is 392 g/mol. The largest absolute Gasteiger partial charge is 0.349 e. The summed E-state index contributed by atoms with van der Waals surface area (Å²) in [5.41, 5.74) is 5.60. The fraction of sp³-hybridized carbons (Fsp3) is 0.533. The Labute approximate surface area is 145 Å². The molecule has 1 fully saturated rings. The van der Waals surface area contributed by atoms with Gasteiger partial charge in [-0.15, -0.1) is 24.2 Å². The third kappa shape index (κ3) is 5.81. The van der Waals surface area contributed by atoms with Crippen LogP contribution in [0.5, 0.6) is 0 Å². The van der Waals surface area contributed by atoms with Crippen molar-refractivity contribution in [3.63, 3.8) is 0 Å². The van der Waals surface area contributed by atoms with Crippen molar-refractivity contribution >= 4 is 46.0 Å². The quantitative estimate of drug-likeness (QED) is 0.696. The Bertz CT molecular complexity index is 467. The molecule has 2 rings (SSSR count). The summed E-state index contributed by atoms with van der Waals surface area (Å²) >= 11 is 5.11. The summed E-state index contributed by atoms with van der Waals surface area (Å²) in [7, 11) is 0. The minimum absolute atomic E-state index is 0. The number of carbonyl (C=O) groups is 1. The molecule has 1 atom stereocenters. The normalized spacial score (nSPS) is 16.7. The van der Waals surface area contributed by atoms with Crippen LogP contribution in [-0.2, 0) is 4.79 Å². The molecule has 1 saturated carbocycles. The van der Waals surface area contributed by atoms with Crippen molar-refractivity contribution in [2.45, 2.75) is 36.6 Å². The average Bonchev–Trinajstić information content (AvgIpc) is 3.25. The van der Waals surface area contributed by atoms with Crippen LogP contribution in [0.2, 0.25) is 0 Å². The Morgan fingerprint density at radius 2 is 2.05 bits per heavy atom. The lowest BCUT2D eigenvalue weighted by molar-refractivity contribution is -0.122. The predicted octanol–water partition coefficient (Wildman–Crippen LogP) is 3.60. The number of carbonyl (C=O) groups excluding carboxylic acids is 1. The van der Waals surface area contributed by atoms with Gasteiger partial charge in [0.1, 0.15) is 0 Å². The fourth-order valence-electron chi connectivity index (χ4n) is 2.21. The van der Waals surface area contributed by atoms with Crippen molar-refractivity contribution in [3.8, 4) is 0 Å². The average molecular weight is 394 g/mol. The van der Waals surface area contributed by atoms with Crippen molar-refractivity contribution in [1.82, 2.24) is 5.32 Å². The zero-order valence-electron chi connectivity index (χ0n) is 12.1. The Hall–Kier alpha value is -0.230. The van der Waals surface area contributed by atoms with E-state index in [1.807, 2.05) is 12.1 Å². The van der Waals surface area contributed by atoms with E-state index in [9.17, 15) is 4.79 Å². The summed E-state index contributed by atoms with van der Waals surface area (Å²) in [6.45, 7) is 2.58. The van der Waals surface area contributed by atoms with Gasteiger partial charge in [0.2, 0.25) is 5.91 Å².